The van der Waals surface area contributed by atoms with Crippen LogP contribution in [0.4, 0.5) is 10.3 Å². The zero-order valence-corrected chi connectivity index (χ0v) is 16.3. The van der Waals surface area contributed by atoms with E-state index in [1.54, 1.807) is 42.6 Å². The second-order valence-electron chi connectivity index (χ2n) is 7.49. The maximum absolute atomic E-state index is 14.5. The summed E-state index contributed by atoms with van der Waals surface area (Å²) in [4.78, 5) is 34.6. The van der Waals surface area contributed by atoms with Crippen LogP contribution in [0.5, 0.6) is 0 Å². The summed E-state index contributed by atoms with van der Waals surface area (Å²) in [6.07, 6.45) is 5.83. The van der Waals surface area contributed by atoms with Crippen LogP contribution in [0, 0.1) is 11.7 Å². The summed E-state index contributed by atoms with van der Waals surface area (Å²) in [7, 11) is 0. The molecule has 2 aromatic heterocycles. The Bertz CT molecular complexity index is 1130. The van der Waals surface area contributed by atoms with Gasteiger partial charge < -0.3 is 16.0 Å². The minimum Gasteiger partial charge on any atom is -0.369 e. The van der Waals surface area contributed by atoms with Crippen molar-refractivity contribution in [2.45, 2.75) is 31.7 Å². The molecule has 1 aromatic carbocycles. The predicted molar refractivity (Wildman–Crippen MR) is 112 cm³/mol. The van der Waals surface area contributed by atoms with Gasteiger partial charge in [-0.2, -0.15) is 0 Å². The molecule has 30 heavy (non-hydrogen) atoms. The second-order valence-corrected chi connectivity index (χ2v) is 7.49. The third-order valence-electron chi connectivity index (χ3n) is 5.42. The van der Waals surface area contributed by atoms with E-state index in [0.717, 1.165) is 25.5 Å². The average Bonchev–Trinajstić information content (AvgIpc) is 2.76. The van der Waals surface area contributed by atoms with Crippen molar-refractivity contribution >= 4 is 11.9 Å². The number of rotatable bonds is 5. The summed E-state index contributed by atoms with van der Waals surface area (Å²) < 4.78 is 14.5. The van der Waals surface area contributed by atoms with Gasteiger partial charge in [-0.15, -0.1) is 0 Å². The van der Waals surface area contributed by atoms with Gasteiger partial charge in [-0.3, -0.25) is 9.59 Å². The van der Waals surface area contributed by atoms with Crippen LogP contribution in [0.15, 0.2) is 53.6 Å². The number of aromatic amines is 1. The monoisotopic (exact) mass is 407 g/mol. The number of pyridine rings is 1. The molecule has 7 nitrogen and oxygen atoms in total. The SMILES string of the molecule is NC(=O)C1CCCC(Nc2ncc(F)c(-c3cccc(-c4ccc[nH]c4=O)c3)n2)C1. The molecule has 0 bridgehead atoms. The number of nitrogens with one attached hydrogen (secondary N) is 2. The highest BCUT2D eigenvalue weighted by atomic mass is 19.1. The molecular formula is C22H22FN5O2. The average molecular weight is 407 g/mol. The number of hydrogen-bond acceptors (Lipinski definition) is 5. The summed E-state index contributed by atoms with van der Waals surface area (Å²) in [5.74, 6) is -0.727. The number of carbonyl (C=O) groups is 1. The van der Waals surface area contributed by atoms with E-state index in [1.165, 1.54) is 0 Å². The van der Waals surface area contributed by atoms with Crippen LogP contribution in [0.3, 0.4) is 0 Å². The van der Waals surface area contributed by atoms with Gasteiger partial charge in [-0.05, 0) is 43.0 Å². The number of nitrogens with zero attached hydrogens (tertiary/aromatic N) is 2. The molecule has 0 aliphatic heterocycles. The lowest BCUT2D eigenvalue weighted by atomic mass is 9.85. The highest BCUT2D eigenvalue weighted by Gasteiger charge is 2.26. The van der Waals surface area contributed by atoms with Crippen molar-refractivity contribution in [2.75, 3.05) is 5.32 Å². The van der Waals surface area contributed by atoms with E-state index < -0.39 is 5.82 Å². The first-order chi connectivity index (χ1) is 14.5. The van der Waals surface area contributed by atoms with Gasteiger partial charge in [0.2, 0.25) is 11.9 Å². The molecule has 154 valence electrons. The van der Waals surface area contributed by atoms with E-state index in [2.05, 4.69) is 20.3 Å². The van der Waals surface area contributed by atoms with Crippen molar-refractivity contribution in [3.8, 4) is 22.4 Å². The third kappa shape index (κ3) is 4.22. The van der Waals surface area contributed by atoms with Crippen LogP contribution in [0.25, 0.3) is 22.4 Å². The fourth-order valence-corrected chi connectivity index (χ4v) is 3.88. The normalized spacial score (nSPS) is 18.7. The Morgan fingerprint density at radius 3 is 2.83 bits per heavy atom. The van der Waals surface area contributed by atoms with Crippen LogP contribution in [0.2, 0.25) is 0 Å². The lowest BCUT2D eigenvalue weighted by Crippen LogP contribution is -2.34. The standard InChI is InChI=1S/C22H22FN5O2/c23-18-12-26-22(27-16-7-2-6-15(11-16)20(24)29)28-19(18)14-5-1-4-13(10-14)17-8-3-9-25-21(17)30/h1,3-5,8-10,12,15-16H,2,6-7,11H2,(H2,24,29)(H,25,30)(H,26,27,28). The zero-order chi connectivity index (χ0) is 21.1. The van der Waals surface area contributed by atoms with E-state index in [-0.39, 0.29) is 29.1 Å². The van der Waals surface area contributed by atoms with Crippen LogP contribution in [0.1, 0.15) is 25.7 Å². The molecule has 1 saturated carbocycles. The first-order valence-electron chi connectivity index (χ1n) is 9.88. The van der Waals surface area contributed by atoms with Crippen LogP contribution < -0.4 is 16.6 Å². The maximum Gasteiger partial charge on any atom is 0.255 e. The molecule has 4 N–H and O–H groups in total. The van der Waals surface area contributed by atoms with Gasteiger partial charge in [-0.1, -0.05) is 24.6 Å². The number of primary amides is 1. The number of hydrogen-bond donors (Lipinski definition) is 3. The van der Waals surface area contributed by atoms with Gasteiger partial charge in [0.25, 0.3) is 5.56 Å². The van der Waals surface area contributed by atoms with Gasteiger partial charge in [-0.25, -0.2) is 14.4 Å². The third-order valence-corrected chi connectivity index (χ3v) is 5.42. The van der Waals surface area contributed by atoms with Gasteiger partial charge in [0.15, 0.2) is 5.82 Å². The van der Waals surface area contributed by atoms with Crippen molar-refractivity contribution in [3.63, 3.8) is 0 Å². The number of nitrogens with two attached hydrogens (primary N) is 1. The zero-order valence-electron chi connectivity index (χ0n) is 16.3. The lowest BCUT2D eigenvalue weighted by Gasteiger charge is -2.27. The van der Waals surface area contributed by atoms with E-state index in [1.807, 2.05) is 0 Å². The summed E-state index contributed by atoms with van der Waals surface area (Å²) >= 11 is 0. The van der Waals surface area contributed by atoms with Crippen molar-refractivity contribution in [2.24, 2.45) is 11.7 Å². The molecule has 0 radical (unpaired) electrons. The first kappa shape index (κ1) is 19.8. The lowest BCUT2D eigenvalue weighted by molar-refractivity contribution is -0.122. The Kier molecular flexibility index (Phi) is 5.56. The number of H-pyrrole nitrogens is 1. The molecule has 1 aliphatic carbocycles. The molecule has 1 fully saturated rings. The van der Waals surface area contributed by atoms with Crippen molar-refractivity contribution in [1.29, 1.82) is 0 Å². The molecule has 0 spiro atoms. The Balaban J connectivity index is 1.61. The molecule has 2 unspecified atom stereocenters. The van der Waals surface area contributed by atoms with Gasteiger partial charge >= 0.3 is 0 Å². The van der Waals surface area contributed by atoms with Crippen LogP contribution in [-0.4, -0.2) is 26.9 Å². The molecule has 3 aromatic rings. The predicted octanol–water partition coefficient (Wildman–Crippen LogP) is 3.09. The topological polar surface area (TPSA) is 114 Å². The highest BCUT2D eigenvalue weighted by Crippen LogP contribution is 2.28. The number of halogens is 1. The summed E-state index contributed by atoms with van der Waals surface area (Å²) in [5, 5.41) is 3.21. The Morgan fingerprint density at radius 1 is 1.20 bits per heavy atom. The summed E-state index contributed by atoms with van der Waals surface area (Å²) in [5.41, 5.74) is 7.06. The second kappa shape index (κ2) is 8.44. The van der Waals surface area contributed by atoms with Crippen molar-refractivity contribution < 1.29 is 9.18 Å². The van der Waals surface area contributed by atoms with E-state index in [0.29, 0.717) is 29.1 Å². The Morgan fingerprint density at radius 2 is 2.03 bits per heavy atom. The van der Waals surface area contributed by atoms with E-state index in [4.69, 9.17) is 5.73 Å². The van der Waals surface area contributed by atoms with Crippen LogP contribution >= 0.6 is 0 Å². The molecule has 1 aliphatic rings. The largest absolute Gasteiger partial charge is 0.369 e. The number of carbonyl (C=O) groups excluding carboxylic acids is 1. The highest BCUT2D eigenvalue weighted by molar-refractivity contribution is 5.76. The van der Waals surface area contributed by atoms with Gasteiger partial charge in [0.05, 0.1) is 6.20 Å². The fraction of sp³-hybridized carbons (Fsp3) is 0.273. The molecule has 1 amide bonds. The first-order valence-corrected chi connectivity index (χ1v) is 9.88. The van der Waals surface area contributed by atoms with E-state index in [9.17, 15) is 14.0 Å². The molecule has 4 rings (SSSR count). The number of anilines is 1. The minimum absolute atomic E-state index is 0.00349. The van der Waals surface area contributed by atoms with Crippen molar-refractivity contribution in [3.05, 3.63) is 65.0 Å². The smallest absolute Gasteiger partial charge is 0.255 e. The Hall–Kier alpha value is -3.55. The Labute approximate surface area is 172 Å². The number of aromatic nitrogens is 3. The van der Waals surface area contributed by atoms with Crippen molar-refractivity contribution in [1.82, 2.24) is 15.0 Å². The number of benzene rings is 1. The molecule has 2 atom stereocenters. The molecule has 2 heterocycles. The quantitative estimate of drug-likeness (QED) is 0.601. The number of amides is 1. The maximum atomic E-state index is 14.5. The molecular weight excluding hydrogens is 385 g/mol. The molecule has 0 saturated heterocycles. The fourth-order valence-electron chi connectivity index (χ4n) is 3.88. The summed E-state index contributed by atoms with van der Waals surface area (Å²) in [6, 6.07) is 10.5. The molecule has 8 heteroatoms. The minimum atomic E-state index is -0.557. The van der Waals surface area contributed by atoms with E-state index >= 15 is 0 Å². The van der Waals surface area contributed by atoms with Gasteiger partial charge in [0.1, 0.15) is 5.69 Å². The van der Waals surface area contributed by atoms with Crippen LogP contribution in [-0.2, 0) is 4.79 Å². The van der Waals surface area contributed by atoms with Gasteiger partial charge in [0, 0.05) is 29.3 Å². The summed E-state index contributed by atoms with van der Waals surface area (Å²) in [6.45, 7) is 0.